The first kappa shape index (κ1) is 9.50. The molecular weight excluding hydrogens is 230 g/mol. The summed E-state index contributed by atoms with van der Waals surface area (Å²) < 4.78 is 0. The van der Waals surface area contributed by atoms with Crippen molar-refractivity contribution >= 4 is 21.8 Å². The lowest BCUT2D eigenvalue weighted by atomic mass is 10.1. The highest BCUT2D eigenvalue weighted by Gasteiger charge is 2.54. The van der Waals surface area contributed by atoms with Crippen molar-refractivity contribution in [1.82, 2.24) is 5.32 Å². The van der Waals surface area contributed by atoms with E-state index in [0.717, 1.165) is 6.42 Å². The van der Waals surface area contributed by atoms with Gasteiger partial charge in [0, 0.05) is 10.9 Å². The van der Waals surface area contributed by atoms with Gasteiger partial charge in [-0.25, -0.2) is 0 Å². The summed E-state index contributed by atoms with van der Waals surface area (Å²) in [5.74, 6) is 0.251. The van der Waals surface area contributed by atoms with Crippen molar-refractivity contribution in [1.29, 1.82) is 0 Å². The summed E-state index contributed by atoms with van der Waals surface area (Å²) in [6.07, 6.45) is 5.90. The summed E-state index contributed by atoms with van der Waals surface area (Å²) in [6, 6.07) is 0.463. The maximum atomic E-state index is 11.8. The van der Waals surface area contributed by atoms with Crippen LogP contribution in [0.2, 0.25) is 0 Å². The number of amides is 1. The molecule has 74 valence electrons. The maximum Gasteiger partial charge on any atom is 0.227 e. The minimum atomic E-state index is -0.109. The van der Waals surface area contributed by atoms with Crippen LogP contribution in [0.3, 0.4) is 0 Å². The van der Waals surface area contributed by atoms with Crippen LogP contribution in [0.25, 0.3) is 0 Å². The SMILES string of the molecule is C[C@@]1(C(=O)NC2CCCC2)C[C@H]1Br. The monoisotopic (exact) mass is 245 g/mol. The zero-order chi connectivity index (χ0) is 9.47. The molecule has 0 radical (unpaired) electrons. The molecule has 3 heteroatoms. The van der Waals surface area contributed by atoms with Gasteiger partial charge in [0.1, 0.15) is 0 Å². The molecular formula is C10H16BrNO. The molecule has 0 aromatic carbocycles. The van der Waals surface area contributed by atoms with Crippen molar-refractivity contribution < 1.29 is 4.79 Å². The van der Waals surface area contributed by atoms with Gasteiger partial charge in [-0.2, -0.15) is 0 Å². The molecule has 2 aliphatic carbocycles. The van der Waals surface area contributed by atoms with Gasteiger partial charge in [0.2, 0.25) is 5.91 Å². The average molecular weight is 246 g/mol. The first-order valence-electron chi connectivity index (χ1n) is 5.08. The van der Waals surface area contributed by atoms with E-state index >= 15 is 0 Å². The molecule has 2 aliphatic rings. The lowest BCUT2D eigenvalue weighted by Crippen LogP contribution is -2.38. The highest BCUT2D eigenvalue weighted by atomic mass is 79.9. The number of hydrogen-bond donors (Lipinski definition) is 1. The topological polar surface area (TPSA) is 29.1 Å². The Bertz CT molecular complexity index is 225. The fourth-order valence-electron chi connectivity index (χ4n) is 1.97. The first-order chi connectivity index (χ1) is 6.13. The van der Waals surface area contributed by atoms with Gasteiger partial charge >= 0.3 is 0 Å². The lowest BCUT2D eigenvalue weighted by molar-refractivity contribution is -0.126. The van der Waals surface area contributed by atoms with Crippen molar-refractivity contribution in [3.63, 3.8) is 0 Å². The van der Waals surface area contributed by atoms with Gasteiger partial charge in [-0.05, 0) is 26.2 Å². The Morgan fingerprint density at radius 1 is 1.46 bits per heavy atom. The van der Waals surface area contributed by atoms with Gasteiger partial charge < -0.3 is 5.32 Å². The van der Waals surface area contributed by atoms with E-state index in [1.165, 1.54) is 25.7 Å². The molecule has 0 aliphatic heterocycles. The third kappa shape index (κ3) is 1.76. The van der Waals surface area contributed by atoms with Crippen LogP contribution >= 0.6 is 15.9 Å². The first-order valence-corrected chi connectivity index (χ1v) is 5.99. The van der Waals surface area contributed by atoms with E-state index in [1.54, 1.807) is 0 Å². The predicted octanol–water partition coefficient (Wildman–Crippen LogP) is 2.22. The van der Waals surface area contributed by atoms with E-state index in [-0.39, 0.29) is 11.3 Å². The Kier molecular flexibility index (Phi) is 2.39. The van der Waals surface area contributed by atoms with E-state index in [1.807, 2.05) is 6.92 Å². The molecule has 2 fully saturated rings. The van der Waals surface area contributed by atoms with Crippen LogP contribution < -0.4 is 5.32 Å². The number of halogens is 1. The summed E-state index contributed by atoms with van der Waals surface area (Å²) in [4.78, 5) is 12.2. The van der Waals surface area contributed by atoms with E-state index in [9.17, 15) is 4.79 Å². The molecule has 2 atom stereocenters. The second-order valence-electron chi connectivity index (χ2n) is 4.54. The van der Waals surface area contributed by atoms with Gasteiger partial charge in [0.15, 0.2) is 0 Å². The molecule has 0 aromatic rings. The zero-order valence-electron chi connectivity index (χ0n) is 7.98. The molecule has 0 spiro atoms. The average Bonchev–Trinajstić information content (AvgIpc) is 2.53. The Morgan fingerprint density at radius 3 is 2.46 bits per heavy atom. The molecule has 1 N–H and O–H groups in total. The van der Waals surface area contributed by atoms with Crippen LogP contribution in [0, 0.1) is 5.41 Å². The van der Waals surface area contributed by atoms with Crippen molar-refractivity contribution in [2.24, 2.45) is 5.41 Å². The maximum absolute atomic E-state index is 11.8. The number of rotatable bonds is 2. The van der Waals surface area contributed by atoms with Crippen LogP contribution in [0.15, 0.2) is 0 Å². The minimum absolute atomic E-state index is 0.109. The van der Waals surface area contributed by atoms with E-state index in [2.05, 4.69) is 21.2 Å². The molecule has 2 nitrogen and oxygen atoms in total. The Hall–Kier alpha value is -0.0500. The van der Waals surface area contributed by atoms with Crippen molar-refractivity contribution in [3.8, 4) is 0 Å². The Labute approximate surface area is 87.6 Å². The van der Waals surface area contributed by atoms with Crippen LogP contribution in [0.1, 0.15) is 39.0 Å². The standard InChI is InChI=1S/C10H16BrNO/c1-10(6-8(10)11)9(13)12-7-4-2-3-5-7/h7-8H,2-6H2,1H3,(H,12,13)/t8-,10-/m1/s1. The van der Waals surface area contributed by atoms with Crippen molar-refractivity contribution in [2.75, 3.05) is 0 Å². The van der Waals surface area contributed by atoms with Crippen LogP contribution in [-0.2, 0) is 4.79 Å². The highest BCUT2D eigenvalue weighted by molar-refractivity contribution is 9.09. The summed E-state index contributed by atoms with van der Waals surface area (Å²) in [6.45, 7) is 2.04. The molecule has 2 rings (SSSR count). The van der Waals surface area contributed by atoms with Crippen LogP contribution in [0.4, 0.5) is 0 Å². The van der Waals surface area contributed by atoms with Gasteiger partial charge in [0.25, 0.3) is 0 Å². The third-order valence-corrected chi connectivity index (χ3v) is 4.68. The molecule has 0 saturated heterocycles. The minimum Gasteiger partial charge on any atom is -0.353 e. The number of carbonyl (C=O) groups excluding carboxylic acids is 1. The van der Waals surface area contributed by atoms with Crippen LogP contribution in [-0.4, -0.2) is 16.8 Å². The van der Waals surface area contributed by atoms with E-state index < -0.39 is 0 Å². The Balaban J connectivity index is 1.85. The quantitative estimate of drug-likeness (QED) is 0.743. The summed E-state index contributed by atoms with van der Waals surface area (Å²) in [7, 11) is 0. The largest absolute Gasteiger partial charge is 0.353 e. The second-order valence-corrected chi connectivity index (χ2v) is 5.65. The number of carbonyl (C=O) groups is 1. The van der Waals surface area contributed by atoms with Crippen molar-refractivity contribution in [2.45, 2.75) is 49.9 Å². The second kappa shape index (κ2) is 3.26. The highest BCUT2D eigenvalue weighted by Crippen LogP contribution is 2.51. The fraction of sp³-hybridized carbons (Fsp3) is 0.900. The summed E-state index contributed by atoms with van der Waals surface area (Å²) >= 11 is 3.49. The molecule has 1 amide bonds. The summed E-state index contributed by atoms with van der Waals surface area (Å²) in [5, 5.41) is 3.14. The smallest absolute Gasteiger partial charge is 0.227 e. The van der Waals surface area contributed by atoms with Gasteiger partial charge in [0.05, 0.1) is 5.41 Å². The van der Waals surface area contributed by atoms with Gasteiger partial charge in [-0.15, -0.1) is 0 Å². The Morgan fingerprint density at radius 2 is 2.00 bits per heavy atom. The molecule has 0 aromatic heterocycles. The van der Waals surface area contributed by atoms with Gasteiger partial charge in [-0.3, -0.25) is 4.79 Å². The normalized spacial score (nSPS) is 39.1. The third-order valence-electron chi connectivity index (χ3n) is 3.34. The lowest BCUT2D eigenvalue weighted by Gasteiger charge is -2.15. The fourth-order valence-corrected chi connectivity index (χ4v) is 2.85. The van der Waals surface area contributed by atoms with E-state index in [4.69, 9.17) is 0 Å². The number of nitrogens with one attached hydrogen (secondary N) is 1. The summed E-state index contributed by atoms with van der Waals surface area (Å²) in [5.41, 5.74) is -0.109. The predicted molar refractivity (Wildman–Crippen MR) is 55.8 cm³/mol. The molecule has 13 heavy (non-hydrogen) atoms. The van der Waals surface area contributed by atoms with Gasteiger partial charge in [-0.1, -0.05) is 28.8 Å². The zero-order valence-corrected chi connectivity index (χ0v) is 9.56. The number of hydrogen-bond acceptors (Lipinski definition) is 1. The molecule has 0 unspecified atom stereocenters. The van der Waals surface area contributed by atoms with Crippen LogP contribution in [0.5, 0.6) is 0 Å². The molecule has 0 bridgehead atoms. The van der Waals surface area contributed by atoms with E-state index in [0.29, 0.717) is 10.9 Å². The van der Waals surface area contributed by atoms with Crippen molar-refractivity contribution in [3.05, 3.63) is 0 Å². The molecule has 2 saturated carbocycles. The number of alkyl halides is 1. The molecule has 0 heterocycles.